The molecular formula is C20H14F3N5O3. The summed E-state index contributed by atoms with van der Waals surface area (Å²) in [4.78, 5) is 24.3. The molecule has 0 saturated heterocycles. The van der Waals surface area contributed by atoms with Crippen LogP contribution in [0, 0.1) is 0 Å². The second kappa shape index (κ2) is 7.94. The number of alkyl halides is 3. The minimum atomic E-state index is -4.51. The first-order chi connectivity index (χ1) is 14.8. The van der Waals surface area contributed by atoms with Crippen molar-refractivity contribution in [2.24, 2.45) is 0 Å². The van der Waals surface area contributed by atoms with Crippen LogP contribution in [0.25, 0.3) is 5.65 Å². The zero-order valence-electron chi connectivity index (χ0n) is 15.7. The Morgan fingerprint density at radius 3 is 2.45 bits per heavy atom. The molecule has 31 heavy (non-hydrogen) atoms. The number of carbonyl (C=O) groups is 2. The molecule has 0 radical (unpaired) electrons. The largest absolute Gasteiger partial charge is 0.459 e. The lowest BCUT2D eigenvalue weighted by Gasteiger charge is -2.08. The molecule has 158 valence electrons. The number of rotatable bonds is 5. The van der Waals surface area contributed by atoms with Crippen molar-refractivity contribution in [3.8, 4) is 0 Å². The van der Waals surface area contributed by atoms with Crippen molar-refractivity contribution in [3.05, 3.63) is 83.7 Å². The number of carbonyl (C=O) groups excluding carboxylic acids is 2. The van der Waals surface area contributed by atoms with Gasteiger partial charge in [0.05, 0.1) is 18.4 Å². The first kappa shape index (κ1) is 20.1. The maximum Gasteiger partial charge on any atom is 0.417 e. The van der Waals surface area contributed by atoms with E-state index in [0.29, 0.717) is 11.3 Å². The molecule has 2 amide bonds. The Morgan fingerprint density at radius 2 is 1.77 bits per heavy atom. The van der Waals surface area contributed by atoms with Crippen molar-refractivity contribution in [2.45, 2.75) is 12.7 Å². The Bertz CT molecular complexity index is 1230. The molecule has 3 heterocycles. The SMILES string of the molecule is O=C(NCc1nnc2ccc(C(F)(F)F)cn12)c1ccc(NC(=O)c2ccco2)cc1. The number of amides is 2. The van der Waals surface area contributed by atoms with Gasteiger partial charge in [-0.05, 0) is 48.5 Å². The van der Waals surface area contributed by atoms with E-state index in [9.17, 15) is 22.8 Å². The molecule has 0 spiro atoms. The van der Waals surface area contributed by atoms with E-state index in [4.69, 9.17) is 4.42 Å². The van der Waals surface area contributed by atoms with Gasteiger partial charge in [0.25, 0.3) is 11.8 Å². The third-order valence-corrected chi connectivity index (χ3v) is 4.36. The first-order valence-corrected chi connectivity index (χ1v) is 8.95. The zero-order chi connectivity index (χ0) is 22.0. The summed E-state index contributed by atoms with van der Waals surface area (Å²) in [6.45, 7) is -0.127. The van der Waals surface area contributed by atoms with Crippen LogP contribution < -0.4 is 10.6 Å². The third-order valence-electron chi connectivity index (χ3n) is 4.36. The number of hydrogen-bond acceptors (Lipinski definition) is 5. The molecule has 4 aromatic rings. The van der Waals surface area contributed by atoms with E-state index in [1.54, 1.807) is 6.07 Å². The van der Waals surface area contributed by atoms with E-state index in [1.165, 1.54) is 47.1 Å². The molecule has 11 heteroatoms. The molecule has 0 bridgehead atoms. The summed E-state index contributed by atoms with van der Waals surface area (Å²) in [6, 6.07) is 11.3. The molecule has 4 rings (SSSR count). The van der Waals surface area contributed by atoms with Gasteiger partial charge in [-0.2, -0.15) is 13.2 Å². The molecule has 1 aromatic carbocycles. The first-order valence-electron chi connectivity index (χ1n) is 8.95. The van der Waals surface area contributed by atoms with Crippen molar-refractivity contribution in [3.63, 3.8) is 0 Å². The van der Waals surface area contributed by atoms with Crippen LogP contribution in [0.1, 0.15) is 32.3 Å². The van der Waals surface area contributed by atoms with Gasteiger partial charge in [-0.15, -0.1) is 10.2 Å². The van der Waals surface area contributed by atoms with Gasteiger partial charge < -0.3 is 15.1 Å². The fourth-order valence-electron chi connectivity index (χ4n) is 2.79. The lowest BCUT2D eigenvalue weighted by Crippen LogP contribution is -2.24. The van der Waals surface area contributed by atoms with Gasteiger partial charge in [0.2, 0.25) is 0 Å². The average molecular weight is 429 g/mol. The second-order valence-corrected chi connectivity index (χ2v) is 6.45. The summed E-state index contributed by atoms with van der Waals surface area (Å²) in [5, 5.41) is 12.8. The van der Waals surface area contributed by atoms with E-state index in [0.717, 1.165) is 12.3 Å². The predicted molar refractivity (Wildman–Crippen MR) is 102 cm³/mol. The standard InChI is InChI=1S/C20H14F3N5O3/c21-20(22,23)13-5-8-16-26-27-17(28(16)11-13)10-24-18(29)12-3-6-14(7-4-12)25-19(30)15-2-1-9-31-15/h1-9,11H,10H2,(H,24,29)(H,25,30). The lowest BCUT2D eigenvalue weighted by atomic mass is 10.2. The number of pyridine rings is 1. The highest BCUT2D eigenvalue weighted by atomic mass is 19.4. The molecule has 2 N–H and O–H groups in total. The van der Waals surface area contributed by atoms with Crippen LogP contribution >= 0.6 is 0 Å². The van der Waals surface area contributed by atoms with Gasteiger partial charge >= 0.3 is 6.18 Å². The Kier molecular flexibility index (Phi) is 5.15. The third kappa shape index (κ3) is 4.39. The fraction of sp³-hybridized carbons (Fsp3) is 0.100. The topological polar surface area (TPSA) is 102 Å². The number of fused-ring (bicyclic) bond motifs is 1. The maximum atomic E-state index is 12.9. The average Bonchev–Trinajstić information content (AvgIpc) is 3.42. The van der Waals surface area contributed by atoms with Crippen LogP contribution in [0.2, 0.25) is 0 Å². The predicted octanol–water partition coefficient (Wildman–Crippen LogP) is 3.52. The normalized spacial score (nSPS) is 11.5. The molecular weight excluding hydrogens is 415 g/mol. The van der Waals surface area contributed by atoms with Crippen LogP contribution in [-0.2, 0) is 12.7 Å². The minimum Gasteiger partial charge on any atom is -0.459 e. The minimum absolute atomic E-state index is 0.127. The Labute approximate surface area is 172 Å². The Balaban J connectivity index is 1.41. The summed E-state index contributed by atoms with van der Waals surface area (Å²) in [5.74, 6) is -0.598. The molecule has 0 fully saturated rings. The second-order valence-electron chi connectivity index (χ2n) is 6.45. The number of hydrogen-bond donors (Lipinski definition) is 2. The van der Waals surface area contributed by atoms with Crippen LogP contribution in [0.4, 0.5) is 18.9 Å². The van der Waals surface area contributed by atoms with E-state index in [2.05, 4.69) is 20.8 Å². The van der Waals surface area contributed by atoms with Crippen LogP contribution in [0.15, 0.2) is 65.4 Å². The van der Waals surface area contributed by atoms with Crippen molar-refractivity contribution < 1.29 is 27.2 Å². The quantitative estimate of drug-likeness (QED) is 0.506. The maximum absolute atomic E-state index is 12.9. The van der Waals surface area contributed by atoms with Crippen LogP contribution in [0.5, 0.6) is 0 Å². The van der Waals surface area contributed by atoms with Crippen molar-refractivity contribution in [1.29, 1.82) is 0 Å². The van der Waals surface area contributed by atoms with Crippen LogP contribution in [0.3, 0.4) is 0 Å². The van der Waals surface area contributed by atoms with Crippen LogP contribution in [-0.4, -0.2) is 26.4 Å². The van der Waals surface area contributed by atoms with Gasteiger partial charge in [0.15, 0.2) is 17.2 Å². The monoisotopic (exact) mass is 429 g/mol. The number of nitrogens with zero attached hydrogens (tertiary/aromatic N) is 3. The fourth-order valence-corrected chi connectivity index (χ4v) is 2.79. The summed E-state index contributed by atoms with van der Waals surface area (Å²) in [5.41, 5.74) is 0.135. The summed E-state index contributed by atoms with van der Waals surface area (Å²) >= 11 is 0. The number of nitrogens with one attached hydrogen (secondary N) is 2. The van der Waals surface area contributed by atoms with E-state index in [-0.39, 0.29) is 23.8 Å². The molecule has 0 saturated carbocycles. The van der Waals surface area contributed by atoms with Crippen molar-refractivity contribution >= 4 is 23.1 Å². The molecule has 8 nitrogen and oxygen atoms in total. The highest BCUT2D eigenvalue weighted by molar-refractivity contribution is 6.02. The van der Waals surface area contributed by atoms with E-state index < -0.39 is 23.6 Å². The van der Waals surface area contributed by atoms with E-state index >= 15 is 0 Å². The van der Waals surface area contributed by atoms with Gasteiger partial charge in [-0.3, -0.25) is 14.0 Å². The van der Waals surface area contributed by atoms with Crippen molar-refractivity contribution in [1.82, 2.24) is 19.9 Å². The molecule has 0 aliphatic heterocycles. The zero-order valence-corrected chi connectivity index (χ0v) is 15.7. The Hall–Kier alpha value is -4.15. The highest BCUT2D eigenvalue weighted by Gasteiger charge is 2.31. The number of benzene rings is 1. The summed E-state index contributed by atoms with van der Waals surface area (Å²) in [7, 11) is 0. The molecule has 0 aliphatic rings. The number of halogens is 3. The van der Waals surface area contributed by atoms with Crippen molar-refractivity contribution in [2.75, 3.05) is 5.32 Å². The van der Waals surface area contributed by atoms with Gasteiger partial charge in [-0.25, -0.2) is 0 Å². The smallest absolute Gasteiger partial charge is 0.417 e. The molecule has 0 unspecified atom stereocenters. The lowest BCUT2D eigenvalue weighted by molar-refractivity contribution is -0.137. The van der Waals surface area contributed by atoms with E-state index in [1.807, 2.05) is 0 Å². The number of aromatic nitrogens is 3. The Morgan fingerprint density at radius 1 is 1.00 bits per heavy atom. The summed E-state index contributed by atoms with van der Waals surface area (Å²) < 4.78 is 45.0. The molecule has 3 aromatic heterocycles. The highest BCUT2D eigenvalue weighted by Crippen LogP contribution is 2.29. The summed E-state index contributed by atoms with van der Waals surface area (Å²) in [6.07, 6.45) is -2.24. The molecule has 0 aliphatic carbocycles. The van der Waals surface area contributed by atoms with Gasteiger partial charge in [0.1, 0.15) is 0 Å². The number of furan rings is 1. The van der Waals surface area contributed by atoms with Gasteiger partial charge in [0, 0.05) is 17.4 Å². The number of anilines is 1. The molecule has 0 atom stereocenters. The van der Waals surface area contributed by atoms with Gasteiger partial charge in [-0.1, -0.05) is 0 Å².